The van der Waals surface area contributed by atoms with Crippen molar-refractivity contribution in [2.45, 2.75) is 24.9 Å². The van der Waals surface area contributed by atoms with Crippen LogP contribution in [0.3, 0.4) is 0 Å². The maximum atomic E-state index is 12.8. The molecule has 6 heteroatoms. The smallest absolute Gasteiger partial charge is 0.246 e. The standard InChI is InChI=1S/C22H20ClN3O2/c1-25-19(27)12-18(22(25)28)26-11-10-14-13-6-3-5-9-17(13)24-20(14)21(26)15-7-2-4-8-16(15)23/h2-9,18,21,24H,10-12H2,1H3/t18-,21+/m0/s1. The van der Waals surface area contributed by atoms with Crippen LogP contribution in [-0.2, 0) is 16.0 Å². The zero-order chi connectivity index (χ0) is 19.4. The highest BCUT2D eigenvalue weighted by Crippen LogP contribution is 2.42. The summed E-state index contributed by atoms with van der Waals surface area (Å²) in [6.07, 6.45) is 1.04. The van der Waals surface area contributed by atoms with Crippen molar-refractivity contribution in [1.82, 2.24) is 14.8 Å². The monoisotopic (exact) mass is 393 g/mol. The van der Waals surface area contributed by atoms with Gasteiger partial charge in [0.15, 0.2) is 0 Å². The van der Waals surface area contributed by atoms with Crippen LogP contribution in [0.1, 0.15) is 29.3 Å². The molecule has 5 rings (SSSR count). The van der Waals surface area contributed by atoms with Crippen LogP contribution in [-0.4, -0.2) is 46.2 Å². The first-order valence-electron chi connectivity index (χ1n) is 9.46. The van der Waals surface area contributed by atoms with E-state index in [1.807, 2.05) is 36.4 Å². The molecule has 5 nitrogen and oxygen atoms in total. The van der Waals surface area contributed by atoms with Crippen LogP contribution in [0, 0.1) is 0 Å². The zero-order valence-electron chi connectivity index (χ0n) is 15.5. The number of carbonyl (C=O) groups excluding carboxylic acids is 2. The number of para-hydroxylation sites is 1. The van der Waals surface area contributed by atoms with Crippen LogP contribution in [0.4, 0.5) is 0 Å². The van der Waals surface area contributed by atoms with Gasteiger partial charge in [-0.3, -0.25) is 19.4 Å². The van der Waals surface area contributed by atoms with Gasteiger partial charge in [-0.15, -0.1) is 0 Å². The highest BCUT2D eigenvalue weighted by atomic mass is 35.5. The summed E-state index contributed by atoms with van der Waals surface area (Å²) >= 11 is 6.59. The van der Waals surface area contributed by atoms with Gasteiger partial charge in [-0.05, 0) is 29.7 Å². The number of carbonyl (C=O) groups is 2. The predicted molar refractivity (Wildman–Crippen MR) is 108 cm³/mol. The second kappa shape index (κ2) is 6.47. The number of nitrogens with zero attached hydrogens (tertiary/aromatic N) is 2. The Morgan fingerprint density at radius 3 is 2.57 bits per heavy atom. The number of benzene rings is 2. The number of imide groups is 1. The fraction of sp³-hybridized carbons (Fsp3) is 0.273. The van der Waals surface area contributed by atoms with Crippen LogP contribution in [0.15, 0.2) is 48.5 Å². The summed E-state index contributed by atoms with van der Waals surface area (Å²) in [5.41, 5.74) is 4.36. The first kappa shape index (κ1) is 17.5. The second-order valence-electron chi connectivity index (χ2n) is 7.49. The third-order valence-electron chi connectivity index (χ3n) is 6.03. The van der Waals surface area contributed by atoms with E-state index in [1.54, 1.807) is 7.05 Å². The number of likely N-dealkylation sites (N-methyl/N-ethyl adjacent to an activating group) is 1. The third-order valence-corrected chi connectivity index (χ3v) is 6.37. The highest BCUT2D eigenvalue weighted by Gasteiger charge is 2.45. The van der Waals surface area contributed by atoms with Gasteiger partial charge in [0, 0.05) is 35.2 Å². The van der Waals surface area contributed by atoms with E-state index in [4.69, 9.17) is 11.6 Å². The van der Waals surface area contributed by atoms with Crippen LogP contribution in [0.5, 0.6) is 0 Å². The molecule has 0 unspecified atom stereocenters. The van der Waals surface area contributed by atoms with Crippen molar-refractivity contribution in [3.8, 4) is 0 Å². The third kappa shape index (κ3) is 2.50. The van der Waals surface area contributed by atoms with Crippen molar-refractivity contribution in [3.63, 3.8) is 0 Å². The van der Waals surface area contributed by atoms with Gasteiger partial charge in [0.25, 0.3) is 0 Å². The average molecular weight is 394 g/mol. The largest absolute Gasteiger partial charge is 0.357 e. The van der Waals surface area contributed by atoms with Gasteiger partial charge in [0.05, 0.1) is 18.5 Å². The summed E-state index contributed by atoms with van der Waals surface area (Å²) < 4.78 is 0. The van der Waals surface area contributed by atoms with Gasteiger partial charge < -0.3 is 4.98 Å². The molecule has 1 N–H and O–H groups in total. The Balaban J connectivity index is 1.69. The molecule has 1 fully saturated rings. The minimum Gasteiger partial charge on any atom is -0.357 e. The minimum atomic E-state index is -0.460. The van der Waals surface area contributed by atoms with E-state index in [-0.39, 0.29) is 24.3 Å². The Bertz CT molecular complexity index is 1110. The molecule has 2 atom stereocenters. The Hall–Kier alpha value is -2.63. The number of amides is 2. The SMILES string of the molecule is CN1C(=O)C[C@H](N2CCc3c([nH]c4ccccc34)[C@H]2c2ccccc2Cl)C1=O. The second-order valence-corrected chi connectivity index (χ2v) is 7.89. The number of halogens is 1. The van der Waals surface area contributed by atoms with Crippen molar-refractivity contribution in [2.24, 2.45) is 0 Å². The van der Waals surface area contributed by atoms with Crippen LogP contribution in [0.25, 0.3) is 10.9 Å². The Kier molecular flexibility index (Phi) is 4.03. The Morgan fingerprint density at radius 2 is 1.82 bits per heavy atom. The first-order valence-corrected chi connectivity index (χ1v) is 9.84. The van der Waals surface area contributed by atoms with Gasteiger partial charge in [-0.1, -0.05) is 48.0 Å². The van der Waals surface area contributed by atoms with Gasteiger partial charge in [0.2, 0.25) is 11.8 Å². The number of aromatic amines is 1. The fourth-order valence-electron chi connectivity index (χ4n) is 4.62. The van der Waals surface area contributed by atoms with E-state index in [9.17, 15) is 9.59 Å². The molecule has 0 bridgehead atoms. The average Bonchev–Trinajstić information content (AvgIpc) is 3.20. The van der Waals surface area contributed by atoms with E-state index in [0.717, 1.165) is 23.2 Å². The molecule has 0 aliphatic carbocycles. The van der Waals surface area contributed by atoms with Crippen molar-refractivity contribution < 1.29 is 9.59 Å². The Labute approximate surface area is 167 Å². The number of fused-ring (bicyclic) bond motifs is 3. The van der Waals surface area contributed by atoms with Crippen molar-refractivity contribution in [3.05, 3.63) is 70.4 Å². The van der Waals surface area contributed by atoms with Crippen molar-refractivity contribution >= 4 is 34.3 Å². The molecular weight excluding hydrogens is 374 g/mol. The molecule has 0 spiro atoms. The first-order chi connectivity index (χ1) is 13.6. The lowest BCUT2D eigenvalue weighted by molar-refractivity contribution is -0.138. The van der Waals surface area contributed by atoms with Gasteiger partial charge in [-0.2, -0.15) is 0 Å². The van der Waals surface area contributed by atoms with Crippen molar-refractivity contribution in [1.29, 1.82) is 0 Å². The highest BCUT2D eigenvalue weighted by molar-refractivity contribution is 6.31. The maximum absolute atomic E-state index is 12.8. The van der Waals surface area contributed by atoms with E-state index in [0.29, 0.717) is 11.6 Å². The normalized spacial score (nSPS) is 22.9. The molecule has 28 heavy (non-hydrogen) atoms. The molecule has 2 aromatic carbocycles. The summed E-state index contributed by atoms with van der Waals surface area (Å²) in [5, 5.41) is 1.87. The van der Waals surface area contributed by atoms with Crippen LogP contribution < -0.4 is 0 Å². The molecule has 2 amide bonds. The minimum absolute atomic E-state index is 0.129. The predicted octanol–water partition coefficient (Wildman–Crippen LogP) is 3.53. The number of nitrogens with one attached hydrogen (secondary N) is 1. The van der Waals surface area contributed by atoms with Crippen LogP contribution >= 0.6 is 11.6 Å². The number of likely N-dealkylation sites (tertiary alicyclic amines) is 1. The van der Waals surface area contributed by atoms with Gasteiger partial charge in [-0.25, -0.2) is 0 Å². The molecule has 1 saturated heterocycles. The molecule has 3 aromatic rings. The zero-order valence-corrected chi connectivity index (χ0v) is 16.2. The summed E-state index contributed by atoms with van der Waals surface area (Å²) in [5.74, 6) is -0.267. The van der Waals surface area contributed by atoms with E-state index in [2.05, 4.69) is 22.0 Å². The quantitative estimate of drug-likeness (QED) is 0.678. The molecule has 142 valence electrons. The number of rotatable bonds is 2. The Morgan fingerprint density at radius 1 is 1.07 bits per heavy atom. The van der Waals surface area contributed by atoms with E-state index < -0.39 is 6.04 Å². The molecular formula is C22H20ClN3O2. The summed E-state index contributed by atoms with van der Waals surface area (Å²) in [4.78, 5) is 31.9. The van der Waals surface area contributed by atoms with Gasteiger partial charge in [0.1, 0.15) is 0 Å². The maximum Gasteiger partial charge on any atom is 0.246 e. The number of hydrogen-bond acceptors (Lipinski definition) is 3. The lowest BCUT2D eigenvalue weighted by atomic mass is 9.90. The summed E-state index contributed by atoms with van der Waals surface area (Å²) in [7, 11) is 1.56. The molecule has 0 saturated carbocycles. The number of H-pyrrole nitrogens is 1. The topological polar surface area (TPSA) is 56.4 Å². The lowest BCUT2D eigenvalue weighted by Crippen LogP contribution is -2.47. The van der Waals surface area contributed by atoms with Crippen molar-refractivity contribution in [2.75, 3.05) is 13.6 Å². The molecule has 1 aromatic heterocycles. The van der Waals surface area contributed by atoms with Crippen LogP contribution in [0.2, 0.25) is 5.02 Å². The summed E-state index contributed by atoms with van der Waals surface area (Å²) in [6, 6.07) is 15.3. The molecule has 2 aliphatic rings. The summed E-state index contributed by atoms with van der Waals surface area (Å²) in [6.45, 7) is 0.697. The number of hydrogen-bond donors (Lipinski definition) is 1. The number of aromatic nitrogens is 1. The van der Waals surface area contributed by atoms with E-state index in [1.165, 1.54) is 15.8 Å². The molecule has 0 radical (unpaired) electrons. The fourth-order valence-corrected chi connectivity index (χ4v) is 4.86. The molecule has 3 heterocycles. The van der Waals surface area contributed by atoms with Gasteiger partial charge >= 0.3 is 0 Å². The van der Waals surface area contributed by atoms with E-state index >= 15 is 0 Å². The molecule has 2 aliphatic heterocycles. The lowest BCUT2D eigenvalue weighted by Gasteiger charge is -2.39.